The van der Waals surface area contributed by atoms with Gasteiger partial charge in [0.2, 0.25) is 0 Å². The molecule has 0 aliphatic rings. The van der Waals surface area contributed by atoms with Crippen molar-refractivity contribution in [3.8, 4) is 0 Å². The molecule has 5 heteroatoms. The van der Waals surface area contributed by atoms with E-state index in [9.17, 15) is 4.79 Å². The standard InChI is InChI=1S/C21H20ClN3O/c1-25(19-5-3-2-4-6-19)20-12-9-17(15-24-20)21(26)23-14-13-16-7-10-18(22)11-8-16/h2-12,15H,13-14H2,1H3,(H,23,26). The summed E-state index contributed by atoms with van der Waals surface area (Å²) in [7, 11) is 1.95. The van der Waals surface area contributed by atoms with E-state index in [2.05, 4.69) is 10.3 Å². The number of nitrogens with zero attached hydrogens (tertiary/aromatic N) is 2. The summed E-state index contributed by atoms with van der Waals surface area (Å²) in [5.74, 6) is 0.661. The van der Waals surface area contributed by atoms with Crippen LogP contribution < -0.4 is 10.2 Å². The van der Waals surface area contributed by atoms with Crippen molar-refractivity contribution in [2.75, 3.05) is 18.5 Å². The van der Waals surface area contributed by atoms with Crippen LogP contribution in [0, 0.1) is 0 Å². The van der Waals surface area contributed by atoms with Gasteiger partial charge in [0.1, 0.15) is 5.82 Å². The molecule has 0 unspecified atom stereocenters. The molecule has 0 aliphatic carbocycles. The summed E-state index contributed by atoms with van der Waals surface area (Å²) in [6.45, 7) is 0.562. The van der Waals surface area contributed by atoms with Crippen LogP contribution >= 0.6 is 11.6 Å². The lowest BCUT2D eigenvalue weighted by Gasteiger charge is -2.18. The van der Waals surface area contributed by atoms with Crippen molar-refractivity contribution in [3.63, 3.8) is 0 Å². The zero-order valence-corrected chi connectivity index (χ0v) is 15.3. The van der Waals surface area contributed by atoms with Gasteiger partial charge in [-0.2, -0.15) is 0 Å². The largest absolute Gasteiger partial charge is 0.352 e. The summed E-state index contributed by atoms with van der Waals surface area (Å²) >= 11 is 5.87. The molecule has 0 spiro atoms. The lowest BCUT2D eigenvalue weighted by Crippen LogP contribution is -2.26. The fourth-order valence-electron chi connectivity index (χ4n) is 2.58. The Bertz CT molecular complexity index is 849. The van der Waals surface area contributed by atoms with Gasteiger partial charge in [-0.1, -0.05) is 41.9 Å². The number of carbonyl (C=O) groups excluding carboxylic acids is 1. The molecule has 1 heterocycles. The van der Waals surface area contributed by atoms with Crippen molar-refractivity contribution in [1.29, 1.82) is 0 Å². The SMILES string of the molecule is CN(c1ccccc1)c1ccc(C(=O)NCCc2ccc(Cl)cc2)cn1. The van der Waals surface area contributed by atoms with Gasteiger partial charge in [-0.25, -0.2) is 4.98 Å². The van der Waals surface area contributed by atoms with Gasteiger partial charge in [-0.3, -0.25) is 4.79 Å². The van der Waals surface area contributed by atoms with Crippen molar-refractivity contribution in [1.82, 2.24) is 10.3 Å². The number of hydrogen-bond donors (Lipinski definition) is 1. The van der Waals surface area contributed by atoms with Crippen molar-refractivity contribution in [2.45, 2.75) is 6.42 Å². The maximum Gasteiger partial charge on any atom is 0.252 e. The first kappa shape index (κ1) is 18.0. The Balaban J connectivity index is 1.56. The van der Waals surface area contributed by atoms with Crippen molar-refractivity contribution in [3.05, 3.63) is 89.1 Å². The molecule has 3 aromatic rings. The summed E-state index contributed by atoms with van der Waals surface area (Å²) in [4.78, 5) is 18.6. The van der Waals surface area contributed by atoms with Crippen LogP contribution in [-0.4, -0.2) is 24.5 Å². The molecular weight excluding hydrogens is 346 g/mol. The third kappa shape index (κ3) is 4.61. The Kier molecular flexibility index (Phi) is 5.87. The van der Waals surface area contributed by atoms with Crippen molar-refractivity contribution < 1.29 is 4.79 Å². The van der Waals surface area contributed by atoms with E-state index in [0.29, 0.717) is 17.1 Å². The molecule has 132 valence electrons. The fourth-order valence-corrected chi connectivity index (χ4v) is 2.70. The second-order valence-corrected chi connectivity index (χ2v) is 6.37. The summed E-state index contributed by atoms with van der Waals surface area (Å²) in [5.41, 5.74) is 2.72. The lowest BCUT2D eigenvalue weighted by atomic mass is 10.1. The minimum atomic E-state index is -0.125. The number of anilines is 2. The van der Waals surface area contributed by atoms with Gasteiger partial charge >= 0.3 is 0 Å². The van der Waals surface area contributed by atoms with E-state index >= 15 is 0 Å². The molecule has 0 fully saturated rings. The molecular formula is C21H20ClN3O. The molecule has 0 bridgehead atoms. The van der Waals surface area contributed by atoms with E-state index in [0.717, 1.165) is 23.5 Å². The van der Waals surface area contributed by atoms with E-state index < -0.39 is 0 Å². The zero-order chi connectivity index (χ0) is 18.4. The Morgan fingerprint density at radius 2 is 1.77 bits per heavy atom. The van der Waals surface area contributed by atoms with E-state index in [1.807, 2.05) is 72.6 Å². The minimum Gasteiger partial charge on any atom is -0.352 e. The Labute approximate surface area is 158 Å². The average Bonchev–Trinajstić information content (AvgIpc) is 2.69. The Morgan fingerprint density at radius 1 is 1.04 bits per heavy atom. The van der Waals surface area contributed by atoms with Crippen molar-refractivity contribution in [2.24, 2.45) is 0 Å². The predicted octanol–water partition coefficient (Wildman–Crippen LogP) is 4.48. The zero-order valence-electron chi connectivity index (χ0n) is 14.5. The van der Waals surface area contributed by atoms with Crippen LogP contribution in [0.4, 0.5) is 11.5 Å². The van der Waals surface area contributed by atoms with Crippen LogP contribution in [0.15, 0.2) is 72.9 Å². The molecule has 1 amide bonds. The number of para-hydroxylation sites is 1. The Morgan fingerprint density at radius 3 is 2.42 bits per heavy atom. The number of benzene rings is 2. The van der Waals surface area contributed by atoms with Gasteiger partial charge in [0.15, 0.2) is 0 Å². The molecule has 0 saturated heterocycles. The van der Waals surface area contributed by atoms with Crippen LogP contribution in [0.5, 0.6) is 0 Å². The molecule has 1 aromatic heterocycles. The number of amides is 1. The lowest BCUT2D eigenvalue weighted by molar-refractivity contribution is 0.0954. The van der Waals surface area contributed by atoms with Gasteiger partial charge in [-0.05, 0) is 48.4 Å². The average molecular weight is 366 g/mol. The number of halogens is 1. The highest BCUT2D eigenvalue weighted by Gasteiger charge is 2.08. The Hall–Kier alpha value is -2.85. The van der Waals surface area contributed by atoms with Gasteiger partial charge < -0.3 is 10.2 Å². The van der Waals surface area contributed by atoms with E-state index in [-0.39, 0.29) is 5.91 Å². The molecule has 0 atom stereocenters. The van der Waals surface area contributed by atoms with Crippen LogP contribution in [-0.2, 0) is 6.42 Å². The summed E-state index contributed by atoms with van der Waals surface area (Å²) in [6.07, 6.45) is 2.36. The van der Waals surface area contributed by atoms with Crippen LogP contribution in [0.2, 0.25) is 5.02 Å². The second-order valence-electron chi connectivity index (χ2n) is 5.93. The molecule has 0 radical (unpaired) electrons. The number of carbonyl (C=O) groups is 1. The van der Waals surface area contributed by atoms with Crippen molar-refractivity contribution >= 4 is 29.0 Å². The summed E-state index contributed by atoms with van der Waals surface area (Å²) in [5, 5.41) is 3.63. The first-order valence-corrected chi connectivity index (χ1v) is 8.79. The third-order valence-electron chi connectivity index (χ3n) is 4.11. The molecule has 2 aromatic carbocycles. The van der Waals surface area contributed by atoms with Gasteiger partial charge in [-0.15, -0.1) is 0 Å². The maximum atomic E-state index is 12.3. The van der Waals surface area contributed by atoms with Crippen LogP contribution in [0.1, 0.15) is 15.9 Å². The monoisotopic (exact) mass is 365 g/mol. The highest BCUT2D eigenvalue weighted by Crippen LogP contribution is 2.20. The van der Waals surface area contributed by atoms with Crippen LogP contribution in [0.25, 0.3) is 0 Å². The molecule has 4 nitrogen and oxygen atoms in total. The predicted molar refractivity (Wildman–Crippen MR) is 106 cm³/mol. The van der Waals surface area contributed by atoms with Gasteiger partial charge in [0.05, 0.1) is 5.56 Å². The number of aromatic nitrogens is 1. The van der Waals surface area contributed by atoms with Gasteiger partial charge in [0, 0.05) is 30.5 Å². The molecule has 0 aliphatic heterocycles. The topological polar surface area (TPSA) is 45.2 Å². The third-order valence-corrected chi connectivity index (χ3v) is 4.36. The van der Waals surface area contributed by atoms with E-state index in [4.69, 9.17) is 11.6 Å². The summed E-state index contributed by atoms with van der Waals surface area (Å²) < 4.78 is 0. The normalized spacial score (nSPS) is 10.4. The molecule has 1 N–H and O–H groups in total. The quantitative estimate of drug-likeness (QED) is 0.700. The summed E-state index contributed by atoms with van der Waals surface area (Å²) in [6, 6.07) is 21.2. The van der Waals surface area contributed by atoms with E-state index in [1.165, 1.54) is 0 Å². The number of pyridine rings is 1. The van der Waals surface area contributed by atoms with Crippen LogP contribution in [0.3, 0.4) is 0 Å². The smallest absolute Gasteiger partial charge is 0.252 e. The number of nitrogens with one attached hydrogen (secondary N) is 1. The first-order chi connectivity index (χ1) is 12.6. The first-order valence-electron chi connectivity index (χ1n) is 8.41. The minimum absolute atomic E-state index is 0.125. The maximum absolute atomic E-state index is 12.3. The molecule has 3 rings (SSSR count). The molecule has 0 saturated carbocycles. The fraction of sp³-hybridized carbons (Fsp3) is 0.143. The number of hydrogen-bond acceptors (Lipinski definition) is 3. The highest BCUT2D eigenvalue weighted by atomic mass is 35.5. The molecule has 26 heavy (non-hydrogen) atoms. The van der Waals surface area contributed by atoms with Gasteiger partial charge in [0.25, 0.3) is 5.91 Å². The highest BCUT2D eigenvalue weighted by molar-refractivity contribution is 6.30. The second kappa shape index (κ2) is 8.50. The number of rotatable bonds is 6. The van der Waals surface area contributed by atoms with E-state index in [1.54, 1.807) is 12.3 Å².